The van der Waals surface area contributed by atoms with Crippen molar-refractivity contribution < 1.29 is 27.9 Å². The Hall–Kier alpha value is -3.16. The number of oxime groups is 1. The van der Waals surface area contributed by atoms with E-state index in [0.717, 1.165) is 17.7 Å². The number of anilines is 1. The van der Waals surface area contributed by atoms with Gasteiger partial charge >= 0.3 is 0 Å². The van der Waals surface area contributed by atoms with Crippen LogP contribution in [0.1, 0.15) is 12.5 Å². The highest BCUT2D eigenvalue weighted by molar-refractivity contribution is 5.99. The Labute approximate surface area is 142 Å². The number of fused-ring (bicyclic) bond motifs is 1. The first-order valence-corrected chi connectivity index (χ1v) is 7.34. The molecule has 1 N–H and O–H groups in total. The summed E-state index contributed by atoms with van der Waals surface area (Å²) in [5.74, 6) is -0.952. The molecule has 0 atom stereocenters. The molecule has 0 radical (unpaired) electrons. The molecule has 2 aromatic rings. The minimum Gasteiger partial charge on any atom is -0.454 e. The monoisotopic (exact) mass is 348 g/mol. The van der Waals surface area contributed by atoms with E-state index in [0.29, 0.717) is 23.3 Å². The van der Waals surface area contributed by atoms with Gasteiger partial charge in [-0.25, -0.2) is 8.78 Å². The molecule has 0 unspecified atom stereocenters. The van der Waals surface area contributed by atoms with Gasteiger partial charge in [0.15, 0.2) is 18.1 Å². The molecule has 2 aromatic carbocycles. The summed E-state index contributed by atoms with van der Waals surface area (Å²) in [4.78, 5) is 16.7. The minimum atomic E-state index is -0.867. The van der Waals surface area contributed by atoms with Crippen LogP contribution in [0.15, 0.2) is 41.6 Å². The van der Waals surface area contributed by atoms with Crippen LogP contribution < -0.4 is 14.8 Å². The summed E-state index contributed by atoms with van der Waals surface area (Å²) in [6.45, 7) is 1.46. The van der Waals surface area contributed by atoms with Gasteiger partial charge in [0.05, 0.1) is 11.4 Å². The molecule has 25 heavy (non-hydrogen) atoms. The van der Waals surface area contributed by atoms with Crippen molar-refractivity contribution in [3.8, 4) is 11.5 Å². The van der Waals surface area contributed by atoms with Crippen LogP contribution >= 0.6 is 0 Å². The Morgan fingerprint density at radius 3 is 2.80 bits per heavy atom. The van der Waals surface area contributed by atoms with Crippen molar-refractivity contribution in [2.24, 2.45) is 5.16 Å². The Morgan fingerprint density at radius 1 is 1.20 bits per heavy atom. The summed E-state index contributed by atoms with van der Waals surface area (Å²) in [5, 5.41) is 6.12. The van der Waals surface area contributed by atoms with Crippen molar-refractivity contribution in [3.05, 3.63) is 53.6 Å². The van der Waals surface area contributed by atoms with Crippen molar-refractivity contribution in [3.63, 3.8) is 0 Å². The van der Waals surface area contributed by atoms with Crippen molar-refractivity contribution in [2.75, 3.05) is 18.7 Å². The fourth-order valence-corrected chi connectivity index (χ4v) is 2.14. The number of benzene rings is 2. The number of carbonyl (C=O) groups is 1. The normalized spacial score (nSPS) is 12.8. The van der Waals surface area contributed by atoms with Crippen molar-refractivity contribution in [1.82, 2.24) is 0 Å². The van der Waals surface area contributed by atoms with E-state index in [1.54, 1.807) is 25.1 Å². The van der Waals surface area contributed by atoms with Gasteiger partial charge in [0.2, 0.25) is 6.79 Å². The second kappa shape index (κ2) is 7.16. The van der Waals surface area contributed by atoms with Gasteiger partial charge in [-0.05, 0) is 37.3 Å². The second-order valence-electron chi connectivity index (χ2n) is 5.19. The van der Waals surface area contributed by atoms with Gasteiger partial charge in [0.1, 0.15) is 11.6 Å². The Bertz CT molecular complexity index is 839. The lowest BCUT2D eigenvalue weighted by Crippen LogP contribution is -2.18. The molecule has 0 aliphatic carbocycles. The molecule has 3 rings (SSSR count). The lowest BCUT2D eigenvalue weighted by molar-refractivity contribution is -0.120. The SMILES string of the molecule is C/C(=N/OCC(=O)Nc1ccc(F)cc1F)c1ccc2c(c1)OCO2. The largest absolute Gasteiger partial charge is 0.454 e. The quantitative estimate of drug-likeness (QED) is 0.666. The molecular formula is C17H14F2N2O4. The Morgan fingerprint density at radius 2 is 2.00 bits per heavy atom. The van der Waals surface area contributed by atoms with Crippen LogP contribution in [0.4, 0.5) is 14.5 Å². The van der Waals surface area contributed by atoms with E-state index in [9.17, 15) is 13.6 Å². The van der Waals surface area contributed by atoms with Crippen LogP contribution in [0.5, 0.6) is 11.5 Å². The Kier molecular flexibility index (Phi) is 4.78. The predicted molar refractivity (Wildman–Crippen MR) is 85.7 cm³/mol. The zero-order valence-electron chi connectivity index (χ0n) is 13.2. The van der Waals surface area contributed by atoms with Gasteiger partial charge in [0, 0.05) is 11.6 Å². The predicted octanol–water partition coefficient (Wildman–Crippen LogP) is 3.07. The van der Waals surface area contributed by atoms with Crippen LogP contribution in [0, 0.1) is 11.6 Å². The number of amides is 1. The number of nitrogens with zero attached hydrogens (tertiary/aromatic N) is 1. The average Bonchev–Trinajstić information content (AvgIpc) is 3.05. The topological polar surface area (TPSA) is 69.2 Å². The van der Waals surface area contributed by atoms with Crippen molar-refractivity contribution >= 4 is 17.3 Å². The molecule has 130 valence electrons. The van der Waals surface area contributed by atoms with E-state index < -0.39 is 24.1 Å². The highest BCUT2D eigenvalue weighted by Crippen LogP contribution is 2.32. The maximum Gasteiger partial charge on any atom is 0.265 e. The summed E-state index contributed by atoms with van der Waals surface area (Å²) in [5.41, 5.74) is 1.14. The second-order valence-corrected chi connectivity index (χ2v) is 5.19. The summed E-state index contributed by atoms with van der Waals surface area (Å²) in [7, 11) is 0. The van der Waals surface area contributed by atoms with Gasteiger partial charge < -0.3 is 19.6 Å². The first-order valence-electron chi connectivity index (χ1n) is 7.34. The molecule has 0 bridgehead atoms. The van der Waals surface area contributed by atoms with Crippen LogP contribution in [-0.4, -0.2) is 25.0 Å². The summed E-state index contributed by atoms with van der Waals surface area (Å²) < 4.78 is 36.7. The van der Waals surface area contributed by atoms with Crippen molar-refractivity contribution in [1.29, 1.82) is 0 Å². The third-order valence-corrected chi connectivity index (χ3v) is 3.39. The molecule has 0 aromatic heterocycles. The number of ether oxygens (including phenoxy) is 2. The minimum absolute atomic E-state index is 0.133. The highest BCUT2D eigenvalue weighted by atomic mass is 19.1. The molecule has 1 amide bonds. The molecule has 8 heteroatoms. The lowest BCUT2D eigenvalue weighted by atomic mass is 10.1. The van der Waals surface area contributed by atoms with Gasteiger partial charge in [-0.1, -0.05) is 5.16 Å². The van der Waals surface area contributed by atoms with Gasteiger partial charge in [0.25, 0.3) is 5.91 Å². The molecular weight excluding hydrogens is 334 g/mol. The van der Waals surface area contributed by atoms with E-state index >= 15 is 0 Å². The zero-order chi connectivity index (χ0) is 17.8. The third-order valence-electron chi connectivity index (χ3n) is 3.39. The molecule has 0 saturated carbocycles. The van der Waals surface area contributed by atoms with E-state index in [1.165, 1.54) is 0 Å². The van der Waals surface area contributed by atoms with Crippen LogP contribution in [0.25, 0.3) is 0 Å². The van der Waals surface area contributed by atoms with Crippen LogP contribution in [0.2, 0.25) is 0 Å². The van der Waals surface area contributed by atoms with E-state index in [4.69, 9.17) is 14.3 Å². The first kappa shape index (κ1) is 16.7. The summed E-state index contributed by atoms with van der Waals surface area (Å²) in [6.07, 6.45) is 0. The maximum absolute atomic E-state index is 13.4. The zero-order valence-corrected chi connectivity index (χ0v) is 13.2. The fourth-order valence-electron chi connectivity index (χ4n) is 2.14. The van der Waals surface area contributed by atoms with Gasteiger partial charge in [-0.2, -0.15) is 0 Å². The van der Waals surface area contributed by atoms with Gasteiger partial charge in [-0.3, -0.25) is 4.79 Å². The van der Waals surface area contributed by atoms with Crippen LogP contribution in [0.3, 0.4) is 0 Å². The lowest BCUT2D eigenvalue weighted by Gasteiger charge is -2.06. The van der Waals surface area contributed by atoms with E-state index in [1.807, 2.05) is 0 Å². The molecule has 1 heterocycles. The third kappa shape index (κ3) is 4.03. The maximum atomic E-state index is 13.4. The highest BCUT2D eigenvalue weighted by Gasteiger charge is 2.14. The van der Waals surface area contributed by atoms with Gasteiger partial charge in [-0.15, -0.1) is 0 Å². The average molecular weight is 348 g/mol. The van der Waals surface area contributed by atoms with Crippen LogP contribution in [-0.2, 0) is 9.63 Å². The number of hydrogen-bond acceptors (Lipinski definition) is 5. The molecule has 0 saturated heterocycles. The van der Waals surface area contributed by atoms with Crippen molar-refractivity contribution in [2.45, 2.75) is 6.92 Å². The number of nitrogens with one attached hydrogen (secondary N) is 1. The summed E-state index contributed by atoms with van der Waals surface area (Å²) in [6, 6.07) is 8.13. The summed E-state index contributed by atoms with van der Waals surface area (Å²) >= 11 is 0. The molecule has 1 aliphatic rings. The molecule has 6 nitrogen and oxygen atoms in total. The first-order chi connectivity index (χ1) is 12.0. The fraction of sp³-hybridized carbons (Fsp3) is 0.176. The van der Waals surface area contributed by atoms with E-state index in [2.05, 4.69) is 10.5 Å². The van der Waals surface area contributed by atoms with E-state index in [-0.39, 0.29) is 12.5 Å². The standard InChI is InChI=1S/C17H14F2N2O4/c1-10(11-2-5-15-16(6-11)24-9-23-15)21-25-8-17(22)20-14-4-3-12(18)7-13(14)19/h2-7H,8-9H2,1H3,(H,20,22)/b21-10-. The number of hydrogen-bond donors (Lipinski definition) is 1. The Balaban J connectivity index is 1.56. The molecule has 0 spiro atoms. The number of rotatable bonds is 5. The number of carbonyl (C=O) groups excluding carboxylic acids is 1. The number of halogens is 2. The molecule has 0 fully saturated rings. The smallest absolute Gasteiger partial charge is 0.265 e. The molecule has 1 aliphatic heterocycles.